The summed E-state index contributed by atoms with van der Waals surface area (Å²) in [5.74, 6) is 1.49. The number of hydrogen-bond acceptors (Lipinski definition) is 8. The number of rotatable bonds is 3. The minimum atomic E-state index is -0.821. The molecule has 0 spiro atoms. The Balaban J connectivity index is 0.000000166. The Kier molecular flexibility index (Phi) is 5.77. The number of pyridine rings is 1. The number of urea groups is 1. The molecule has 6 rings (SSSR count). The van der Waals surface area contributed by atoms with E-state index in [1.165, 1.54) is 0 Å². The largest absolute Gasteiger partial charge is 0.497 e. The number of aliphatic hydroxyl groups is 1. The first-order chi connectivity index (χ1) is 16.8. The third-order valence-corrected chi connectivity index (χ3v) is 6.23. The van der Waals surface area contributed by atoms with E-state index in [1.807, 2.05) is 23.1 Å². The Hall–Kier alpha value is -4.12. The first-order valence-corrected chi connectivity index (χ1v) is 11.2. The van der Waals surface area contributed by atoms with Crippen LogP contribution in [0.2, 0.25) is 0 Å². The van der Waals surface area contributed by atoms with Crippen LogP contribution in [-0.2, 0) is 11.3 Å². The standard InChI is InChI=1S/C14H14N4O4.C10H11NO2/c19-7-3-4-18(6-7)11-2-1-9-8(15-11)5-10(22-9)12-13(20)17-14(21)16-12;1-11-6-7-3-4-8(13-2)5-9(7)10(11)12/h1-2,5,7,12,19H,3-4,6H2,(H2,16,17,20,21);3-5H,6H2,1-2H3. The summed E-state index contributed by atoms with van der Waals surface area (Å²) in [5.41, 5.74) is 3.01. The van der Waals surface area contributed by atoms with Crippen molar-refractivity contribution in [2.24, 2.45) is 0 Å². The number of aromatic nitrogens is 1. The van der Waals surface area contributed by atoms with E-state index in [0.717, 1.165) is 35.7 Å². The molecule has 0 aliphatic carbocycles. The number of hydrogen-bond donors (Lipinski definition) is 3. The van der Waals surface area contributed by atoms with Gasteiger partial charge in [0.25, 0.3) is 11.8 Å². The van der Waals surface area contributed by atoms with Crippen molar-refractivity contribution in [1.82, 2.24) is 20.5 Å². The van der Waals surface area contributed by atoms with Gasteiger partial charge in [0.2, 0.25) is 0 Å². The molecule has 3 aliphatic heterocycles. The lowest BCUT2D eigenvalue weighted by atomic mass is 10.1. The second-order valence-corrected chi connectivity index (χ2v) is 8.67. The summed E-state index contributed by atoms with van der Waals surface area (Å²) in [6, 6.07) is 9.51. The maximum Gasteiger partial charge on any atom is 0.322 e. The molecular weight excluding hydrogens is 454 g/mol. The highest BCUT2D eigenvalue weighted by Crippen LogP contribution is 2.28. The summed E-state index contributed by atoms with van der Waals surface area (Å²) < 4.78 is 10.7. The van der Waals surface area contributed by atoms with Crippen LogP contribution in [0.3, 0.4) is 0 Å². The number of ether oxygens (including phenoxy) is 1. The first kappa shape index (κ1) is 22.7. The third-order valence-electron chi connectivity index (χ3n) is 6.23. The van der Waals surface area contributed by atoms with Crippen LogP contribution in [-0.4, -0.2) is 66.2 Å². The van der Waals surface area contributed by atoms with Crippen LogP contribution in [0.15, 0.2) is 40.8 Å². The number of imide groups is 1. The maximum atomic E-state index is 11.7. The molecule has 2 atom stereocenters. The third kappa shape index (κ3) is 4.37. The summed E-state index contributed by atoms with van der Waals surface area (Å²) in [6.07, 6.45) is 0.403. The van der Waals surface area contributed by atoms with Crippen molar-refractivity contribution in [1.29, 1.82) is 0 Å². The second-order valence-electron chi connectivity index (χ2n) is 8.67. The average molecular weight is 479 g/mol. The van der Waals surface area contributed by atoms with Crippen molar-refractivity contribution in [2.75, 3.05) is 32.1 Å². The minimum absolute atomic E-state index is 0.0777. The van der Waals surface area contributed by atoms with Crippen LogP contribution in [0.25, 0.3) is 11.1 Å². The van der Waals surface area contributed by atoms with Crippen LogP contribution < -0.4 is 20.3 Å². The van der Waals surface area contributed by atoms with Crippen molar-refractivity contribution >= 4 is 34.8 Å². The summed E-state index contributed by atoms with van der Waals surface area (Å²) in [6.45, 7) is 2.02. The lowest BCUT2D eigenvalue weighted by Gasteiger charge is -2.15. The number of furan rings is 1. The highest BCUT2D eigenvalue weighted by molar-refractivity contribution is 6.04. The summed E-state index contributed by atoms with van der Waals surface area (Å²) in [5, 5.41) is 14.3. The number of amides is 4. The molecule has 4 amide bonds. The average Bonchev–Trinajstić information content (AvgIpc) is 3.60. The van der Waals surface area contributed by atoms with Gasteiger partial charge >= 0.3 is 6.03 Å². The van der Waals surface area contributed by atoms with E-state index >= 15 is 0 Å². The second kappa shape index (κ2) is 8.91. The molecule has 2 saturated heterocycles. The fourth-order valence-electron chi connectivity index (χ4n) is 4.37. The molecule has 1 aromatic carbocycles. The molecule has 3 aromatic rings. The summed E-state index contributed by atoms with van der Waals surface area (Å²) >= 11 is 0. The number of nitrogens with zero attached hydrogens (tertiary/aromatic N) is 3. The number of anilines is 1. The first-order valence-electron chi connectivity index (χ1n) is 11.2. The van der Waals surface area contributed by atoms with E-state index in [2.05, 4.69) is 15.6 Å². The zero-order chi connectivity index (χ0) is 24.7. The van der Waals surface area contributed by atoms with E-state index in [-0.39, 0.29) is 12.0 Å². The quantitative estimate of drug-likeness (QED) is 0.482. The number of benzene rings is 1. The Morgan fingerprint density at radius 2 is 2.00 bits per heavy atom. The molecule has 11 nitrogen and oxygen atoms in total. The van der Waals surface area contributed by atoms with E-state index in [1.54, 1.807) is 37.3 Å². The molecule has 2 aromatic heterocycles. The van der Waals surface area contributed by atoms with Crippen molar-refractivity contribution in [3.63, 3.8) is 0 Å². The molecule has 0 saturated carbocycles. The van der Waals surface area contributed by atoms with Crippen molar-refractivity contribution < 1.29 is 28.6 Å². The summed E-state index contributed by atoms with van der Waals surface area (Å²) in [7, 11) is 3.40. The number of carbonyl (C=O) groups excluding carboxylic acids is 3. The lowest BCUT2D eigenvalue weighted by Crippen LogP contribution is -2.22. The van der Waals surface area contributed by atoms with Gasteiger partial charge in [0.1, 0.15) is 22.8 Å². The van der Waals surface area contributed by atoms with Gasteiger partial charge in [0.15, 0.2) is 11.6 Å². The normalized spacial score (nSPS) is 21.1. The predicted octanol–water partition coefficient (Wildman–Crippen LogP) is 1.56. The molecular formula is C24H25N5O6. The maximum absolute atomic E-state index is 11.7. The summed E-state index contributed by atoms with van der Waals surface area (Å²) in [4.78, 5) is 42.6. The zero-order valence-electron chi connectivity index (χ0n) is 19.3. The van der Waals surface area contributed by atoms with Crippen LogP contribution in [0.5, 0.6) is 5.75 Å². The molecule has 0 radical (unpaired) electrons. The molecule has 0 bridgehead atoms. The predicted molar refractivity (Wildman–Crippen MR) is 125 cm³/mol. The van der Waals surface area contributed by atoms with E-state index in [0.29, 0.717) is 29.9 Å². The number of β-amino-alcohol motifs (C(OH)–C–C–N with tert-alkyl or cyclic N) is 1. The van der Waals surface area contributed by atoms with Crippen LogP contribution in [0, 0.1) is 0 Å². The van der Waals surface area contributed by atoms with Gasteiger partial charge in [-0.3, -0.25) is 14.9 Å². The van der Waals surface area contributed by atoms with Crippen LogP contribution in [0.4, 0.5) is 10.6 Å². The van der Waals surface area contributed by atoms with Gasteiger partial charge < -0.3 is 29.4 Å². The minimum Gasteiger partial charge on any atom is -0.497 e. The molecule has 3 aliphatic rings. The topological polar surface area (TPSA) is 137 Å². The molecule has 11 heteroatoms. The Morgan fingerprint density at radius 3 is 2.69 bits per heavy atom. The monoisotopic (exact) mass is 479 g/mol. The molecule has 5 heterocycles. The van der Waals surface area contributed by atoms with E-state index < -0.39 is 18.0 Å². The number of fused-ring (bicyclic) bond motifs is 2. The number of nitrogens with one attached hydrogen (secondary N) is 2. The Labute approximate surface area is 200 Å². The van der Waals surface area contributed by atoms with Gasteiger partial charge in [0, 0.05) is 38.3 Å². The zero-order valence-corrected chi connectivity index (χ0v) is 19.3. The Bertz CT molecular complexity index is 1320. The van der Waals surface area contributed by atoms with Crippen LogP contribution >= 0.6 is 0 Å². The SMILES string of the molecule is COc1ccc2c(c1)C(=O)N(C)C2.O=C1NC(=O)C(c2cc3nc(N4CCC(O)C4)ccc3o2)N1. The van der Waals surface area contributed by atoms with E-state index in [4.69, 9.17) is 9.15 Å². The van der Waals surface area contributed by atoms with Crippen LogP contribution in [0.1, 0.15) is 34.1 Å². The van der Waals surface area contributed by atoms with Gasteiger partial charge in [-0.15, -0.1) is 0 Å². The molecule has 2 fully saturated rings. The van der Waals surface area contributed by atoms with Gasteiger partial charge in [-0.1, -0.05) is 6.07 Å². The molecule has 182 valence electrons. The van der Waals surface area contributed by atoms with E-state index in [9.17, 15) is 19.5 Å². The smallest absolute Gasteiger partial charge is 0.322 e. The Morgan fingerprint density at radius 1 is 1.17 bits per heavy atom. The van der Waals surface area contributed by atoms with Gasteiger partial charge in [0.05, 0.1) is 13.2 Å². The highest BCUT2D eigenvalue weighted by atomic mass is 16.5. The molecule has 35 heavy (non-hydrogen) atoms. The van der Waals surface area contributed by atoms with Crippen molar-refractivity contribution in [2.45, 2.75) is 25.1 Å². The number of methoxy groups -OCH3 is 1. The van der Waals surface area contributed by atoms with Gasteiger partial charge in [-0.25, -0.2) is 9.78 Å². The molecule has 2 unspecified atom stereocenters. The number of aliphatic hydroxyl groups excluding tert-OH is 1. The fraction of sp³-hybridized carbons (Fsp3) is 0.333. The lowest BCUT2D eigenvalue weighted by molar-refractivity contribution is -0.120. The fourth-order valence-corrected chi connectivity index (χ4v) is 4.37. The highest BCUT2D eigenvalue weighted by Gasteiger charge is 2.34. The molecule has 3 N–H and O–H groups in total. The van der Waals surface area contributed by atoms with Crippen molar-refractivity contribution in [3.8, 4) is 5.75 Å². The van der Waals surface area contributed by atoms with Gasteiger partial charge in [-0.2, -0.15) is 0 Å². The number of carbonyl (C=O) groups is 3. The van der Waals surface area contributed by atoms with Crippen molar-refractivity contribution in [3.05, 3.63) is 53.3 Å². The van der Waals surface area contributed by atoms with Gasteiger partial charge in [-0.05, 0) is 36.2 Å².